The lowest BCUT2D eigenvalue weighted by Crippen LogP contribution is -2.44. The van der Waals surface area contributed by atoms with Crippen LogP contribution in [-0.2, 0) is 15.5 Å². The molecule has 0 aliphatic carbocycles. The van der Waals surface area contributed by atoms with Gasteiger partial charge < -0.3 is 19.4 Å². The van der Waals surface area contributed by atoms with Crippen LogP contribution in [0.25, 0.3) is 0 Å². The van der Waals surface area contributed by atoms with Crippen LogP contribution in [0.15, 0.2) is 45.7 Å². The van der Waals surface area contributed by atoms with Crippen LogP contribution in [0.3, 0.4) is 0 Å². The first kappa shape index (κ1) is 16.7. The third-order valence-corrected chi connectivity index (χ3v) is 4.77. The Morgan fingerprint density at radius 1 is 1.33 bits per heavy atom. The molecule has 7 heteroatoms. The molecule has 1 aromatic carbocycles. The summed E-state index contributed by atoms with van der Waals surface area (Å²) in [6.45, 7) is 3.28. The van der Waals surface area contributed by atoms with Gasteiger partial charge in [0.1, 0.15) is 17.6 Å². The lowest BCUT2D eigenvalue weighted by Gasteiger charge is -2.32. The van der Waals surface area contributed by atoms with Crippen molar-refractivity contribution in [2.45, 2.75) is 17.9 Å². The molecular weight excluding hydrogens is 328 g/mol. The molecule has 3 rings (SSSR count). The number of rotatable bonds is 3. The predicted octanol–water partition coefficient (Wildman–Crippen LogP) is 2.93. The molecule has 0 bridgehead atoms. The number of carbonyl (C=O) groups is 1. The summed E-state index contributed by atoms with van der Waals surface area (Å²) in [4.78, 5) is 14.9. The minimum absolute atomic E-state index is 0.203. The van der Waals surface area contributed by atoms with Crippen molar-refractivity contribution in [2.75, 3.05) is 31.3 Å². The summed E-state index contributed by atoms with van der Waals surface area (Å²) in [6, 6.07) is 10.6. The monoisotopic (exact) mass is 348 g/mol. The zero-order chi connectivity index (χ0) is 17.1. The number of nitrogens with one attached hydrogen (secondary N) is 1. The Kier molecular flexibility index (Phi) is 5.01. The van der Waals surface area contributed by atoms with E-state index in [1.54, 1.807) is 35.4 Å². The molecule has 1 N–H and O–H groups in total. The van der Waals surface area contributed by atoms with Gasteiger partial charge in [-0.15, -0.1) is 0 Å². The highest BCUT2D eigenvalue weighted by atomic mass is 32.2. The van der Waals surface area contributed by atoms with E-state index < -0.39 is 10.8 Å². The van der Waals surface area contributed by atoms with Gasteiger partial charge in [-0.2, -0.15) is 0 Å². The molecule has 1 saturated heterocycles. The van der Waals surface area contributed by atoms with E-state index in [9.17, 15) is 9.00 Å². The summed E-state index contributed by atoms with van der Waals surface area (Å²) in [6.07, 6.45) is 1.35. The Hall–Kier alpha value is -2.12. The second-order valence-electron chi connectivity index (χ2n) is 5.67. The molecule has 1 aliphatic heterocycles. The maximum absolute atomic E-state index is 12.5. The predicted molar refractivity (Wildman–Crippen MR) is 91.5 cm³/mol. The molecule has 2 aromatic rings. The highest BCUT2D eigenvalue weighted by Gasteiger charge is 2.27. The fourth-order valence-corrected chi connectivity index (χ4v) is 3.15. The van der Waals surface area contributed by atoms with Crippen molar-refractivity contribution in [1.82, 2.24) is 4.90 Å². The summed E-state index contributed by atoms with van der Waals surface area (Å²) in [5, 5.41) is 2.85. The Morgan fingerprint density at radius 3 is 2.88 bits per heavy atom. The van der Waals surface area contributed by atoms with Crippen LogP contribution in [-0.4, -0.2) is 41.1 Å². The molecule has 0 saturated carbocycles. The standard InChI is InChI=1S/C17H20N2O4S/c1-12-6-7-15(23-12)16-11-19(8-9-22-16)17(20)18-13-4-3-5-14(10-13)24(2)21/h3-7,10,16H,8-9,11H2,1-2H3,(H,18,20)/t16-,24-/m1/s1. The van der Waals surface area contributed by atoms with Crippen LogP contribution in [0.1, 0.15) is 17.6 Å². The zero-order valence-corrected chi connectivity index (χ0v) is 14.5. The summed E-state index contributed by atoms with van der Waals surface area (Å²) >= 11 is 0. The third kappa shape index (κ3) is 3.85. The van der Waals surface area contributed by atoms with Gasteiger partial charge in [-0.3, -0.25) is 4.21 Å². The van der Waals surface area contributed by atoms with Gasteiger partial charge in [0.25, 0.3) is 0 Å². The summed E-state index contributed by atoms with van der Waals surface area (Å²) in [7, 11) is -1.08. The molecular formula is C17H20N2O4S. The van der Waals surface area contributed by atoms with Gasteiger partial charge in [0.2, 0.25) is 0 Å². The van der Waals surface area contributed by atoms with E-state index in [4.69, 9.17) is 9.15 Å². The van der Waals surface area contributed by atoms with E-state index in [1.807, 2.05) is 19.1 Å². The molecule has 2 heterocycles. The van der Waals surface area contributed by atoms with Crippen molar-refractivity contribution in [3.8, 4) is 0 Å². The molecule has 2 atom stereocenters. The average molecular weight is 348 g/mol. The third-order valence-electron chi connectivity index (χ3n) is 3.85. The minimum atomic E-state index is -1.08. The topological polar surface area (TPSA) is 71.8 Å². The number of hydrogen-bond donors (Lipinski definition) is 1. The van der Waals surface area contributed by atoms with Crippen LogP contribution in [0, 0.1) is 6.92 Å². The van der Waals surface area contributed by atoms with Crippen LogP contribution in [0.5, 0.6) is 0 Å². The molecule has 0 spiro atoms. The largest absolute Gasteiger partial charge is 0.464 e. The highest BCUT2D eigenvalue weighted by molar-refractivity contribution is 7.84. The number of urea groups is 1. The SMILES string of the molecule is Cc1ccc([C@H]2CN(C(=O)Nc3cccc([S@@](C)=O)c3)CCO2)o1. The molecule has 0 unspecified atom stereocenters. The number of morpholine rings is 1. The summed E-state index contributed by atoms with van der Waals surface area (Å²) in [5.74, 6) is 1.55. The van der Waals surface area contributed by atoms with E-state index in [0.29, 0.717) is 30.3 Å². The number of hydrogen-bond acceptors (Lipinski definition) is 4. The van der Waals surface area contributed by atoms with Gasteiger partial charge in [-0.05, 0) is 37.3 Å². The molecule has 6 nitrogen and oxygen atoms in total. The van der Waals surface area contributed by atoms with Crippen molar-refractivity contribution >= 4 is 22.5 Å². The fourth-order valence-electron chi connectivity index (χ4n) is 2.59. The van der Waals surface area contributed by atoms with Gasteiger partial charge in [0.05, 0.1) is 13.2 Å². The average Bonchev–Trinajstić information content (AvgIpc) is 3.02. The first-order chi connectivity index (χ1) is 11.5. The van der Waals surface area contributed by atoms with Crippen molar-refractivity contribution in [2.24, 2.45) is 0 Å². The Labute approximate surface area is 143 Å². The van der Waals surface area contributed by atoms with E-state index in [2.05, 4.69) is 5.32 Å². The first-order valence-corrected chi connectivity index (χ1v) is 9.26. The second kappa shape index (κ2) is 7.19. The molecule has 1 fully saturated rings. The van der Waals surface area contributed by atoms with Crippen LogP contribution < -0.4 is 5.32 Å². The number of anilines is 1. The maximum Gasteiger partial charge on any atom is 0.322 e. The van der Waals surface area contributed by atoms with E-state index >= 15 is 0 Å². The Balaban J connectivity index is 1.66. The number of carbonyl (C=O) groups excluding carboxylic acids is 1. The maximum atomic E-state index is 12.5. The number of aryl methyl sites for hydroxylation is 1. The van der Waals surface area contributed by atoms with Crippen molar-refractivity contribution in [1.29, 1.82) is 0 Å². The fraction of sp³-hybridized carbons (Fsp3) is 0.353. The van der Waals surface area contributed by atoms with E-state index in [0.717, 1.165) is 11.5 Å². The molecule has 2 amide bonds. The van der Waals surface area contributed by atoms with Gasteiger partial charge in [-0.1, -0.05) is 6.07 Å². The number of furan rings is 1. The van der Waals surface area contributed by atoms with E-state index in [-0.39, 0.29) is 12.1 Å². The molecule has 1 aromatic heterocycles. The first-order valence-electron chi connectivity index (χ1n) is 7.70. The summed E-state index contributed by atoms with van der Waals surface area (Å²) in [5.41, 5.74) is 0.629. The van der Waals surface area contributed by atoms with E-state index in [1.165, 1.54) is 0 Å². The van der Waals surface area contributed by atoms with Crippen molar-refractivity contribution < 1.29 is 18.2 Å². The Bertz CT molecular complexity index is 759. The molecule has 128 valence electrons. The lowest BCUT2D eigenvalue weighted by molar-refractivity contribution is -0.0246. The smallest absolute Gasteiger partial charge is 0.322 e. The van der Waals surface area contributed by atoms with Gasteiger partial charge in [0, 0.05) is 34.2 Å². The van der Waals surface area contributed by atoms with Crippen LogP contribution >= 0.6 is 0 Å². The Morgan fingerprint density at radius 2 is 2.17 bits per heavy atom. The van der Waals surface area contributed by atoms with Crippen molar-refractivity contribution in [3.05, 3.63) is 47.9 Å². The normalized spacial score (nSPS) is 19.1. The van der Waals surface area contributed by atoms with Crippen LogP contribution in [0.2, 0.25) is 0 Å². The summed E-state index contributed by atoms with van der Waals surface area (Å²) < 4.78 is 22.8. The number of amides is 2. The zero-order valence-electron chi connectivity index (χ0n) is 13.7. The van der Waals surface area contributed by atoms with Crippen molar-refractivity contribution in [3.63, 3.8) is 0 Å². The quantitative estimate of drug-likeness (QED) is 0.926. The molecule has 24 heavy (non-hydrogen) atoms. The van der Waals surface area contributed by atoms with Gasteiger partial charge in [-0.25, -0.2) is 4.79 Å². The lowest BCUT2D eigenvalue weighted by atomic mass is 10.2. The van der Waals surface area contributed by atoms with Gasteiger partial charge >= 0.3 is 6.03 Å². The molecule has 1 aliphatic rings. The number of ether oxygens (including phenoxy) is 1. The highest BCUT2D eigenvalue weighted by Crippen LogP contribution is 2.24. The van der Waals surface area contributed by atoms with Gasteiger partial charge in [0.15, 0.2) is 0 Å². The molecule has 0 radical (unpaired) electrons. The minimum Gasteiger partial charge on any atom is -0.464 e. The van der Waals surface area contributed by atoms with Crippen LogP contribution in [0.4, 0.5) is 10.5 Å². The number of benzene rings is 1. The second-order valence-corrected chi connectivity index (χ2v) is 7.05. The number of nitrogens with zero attached hydrogens (tertiary/aromatic N) is 1.